The maximum absolute atomic E-state index is 11.0. The molecule has 2 aromatic rings. The molecule has 2 N–H and O–H groups in total. The van der Waals surface area contributed by atoms with Crippen LogP contribution in [0.4, 0.5) is 0 Å². The number of rotatable bonds is 1. The molecule has 4 nitrogen and oxygen atoms in total. The monoisotopic (exact) mass is 226 g/mol. The van der Waals surface area contributed by atoms with Crippen LogP contribution in [0.25, 0.3) is 11.0 Å². The molecule has 0 aliphatic rings. The van der Waals surface area contributed by atoms with E-state index in [-0.39, 0.29) is 27.5 Å². The number of carboxylic acid groups (broad SMARTS) is 1. The molecule has 0 spiro atoms. The highest BCUT2D eigenvalue weighted by Gasteiger charge is 2.21. The Hall–Kier alpha value is -1.68. The van der Waals surface area contributed by atoms with Gasteiger partial charge in [-0.25, -0.2) is 4.79 Å². The van der Waals surface area contributed by atoms with E-state index in [1.54, 1.807) is 0 Å². The molecule has 1 aromatic heterocycles. The molecule has 0 aliphatic heterocycles. The van der Waals surface area contributed by atoms with Gasteiger partial charge >= 0.3 is 5.97 Å². The lowest BCUT2D eigenvalue weighted by molar-refractivity contribution is 0.0697. The fourth-order valence-electron chi connectivity index (χ4n) is 1.51. The molecular weight excluding hydrogens is 220 g/mol. The number of hydrogen-bond acceptors (Lipinski definition) is 3. The summed E-state index contributed by atoms with van der Waals surface area (Å²) in [6, 6.07) is 2.84. The van der Waals surface area contributed by atoms with Crippen molar-refractivity contribution in [3.63, 3.8) is 0 Å². The average Bonchev–Trinajstić information content (AvgIpc) is 2.49. The second kappa shape index (κ2) is 3.17. The van der Waals surface area contributed by atoms with E-state index in [0.717, 1.165) is 0 Å². The fourth-order valence-corrected chi connectivity index (χ4v) is 1.77. The third-order valence-corrected chi connectivity index (χ3v) is 2.54. The zero-order valence-corrected chi connectivity index (χ0v) is 8.50. The van der Waals surface area contributed by atoms with Gasteiger partial charge in [0.15, 0.2) is 0 Å². The summed E-state index contributed by atoms with van der Waals surface area (Å²) in [5.41, 5.74) is 0.346. The van der Waals surface area contributed by atoms with Crippen molar-refractivity contribution in [3.8, 4) is 5.75 Å². The Labute approximate surface area is 89.7 Å². The minimum Gasteiger partial charge on any atom is -0.506 e. The second-order valence-corrected chi connectivity index (χ2v) is 3.49. The van der Waals surface area contributed by atoms with E-state index in [4.69, 9.17) is 21.1 Å². The highest BCUT2D eigenvalue weighted by Crippen LogP contribution is 2.36. The van der Waals surface area contributed by atoms with Crippen LogP contribution in [0, 0.1) is 6.92 Å². The van der Waals surface area contributed by atoms with Crippen LogP contribution < -0.4 is 0 Å². The second-order valence-electron chi connectivity index (χ2n) is 3.11. The number of benzene rings is 1. The molecule has 0 saturated carbocycles. The van der Waals surface area contributed by atoms with Gasteiger partial charge in [-0.3, -0.25) is 0 Å². The Morgan fingerprint density at radius 3 is 2.73 bits per heavy atom. The van der Waals surface area contributed by atoms with Gasteiger partial charge in [-0.2, -0.15) is 0 Å². The van der Waals surface area contributed by atoms with Crippen molar-refractivity contribution in [1.82, 2.24) is 0 Å². The summed E-state index contributed by atoms with van der Waals surface area (Å²) in [4.78, 5) is 11.0. The number of hydrogen-bond donors (Lipinski definition) is 2. The normalized spacial score (nSPS) is 10.8. The SMILES string of the molecule is Cc1oc2ccc(O)c(Cl)c2c1C(=O)O. The molecule has 0 fully saturated rings. The van der Waals surface area contributed by atoms with Crippen LogP contribution in [0.1, 0.15) is 16.1 Å². The number of phenols is 1. The first-order valence-electron chi connectivity index (χ1n) is 4.16. The van der Waals surface area contributed by atoms with Crippen molar-refractivity contribution in [3.05, 3.63) is 28.5 Å². The number of carboxylic acids is 1. The molecule has 1 aromatic carbocycles. The lowest BCUT2D eigenvalue weighted by atomic mass is 10.1. The first kappa shape index (κ1) is 9.86. The van der Waals surface area contributed by atoms with Crippen molar-refractivity contribution in [2.24, 2.45) is 0 Å². The van der Waals surface area contributed by atoms with Crippen molar-refractivity contribution >= 4 is 28.5 Å². The summed E-state index contributed by atoms with van der Waals surface area (Å²) in [5, 5.41) is 18.6. The van der Waals surface area contributed by atoms with Gasteiger partial charge in [-0.15, -0.1) is 0 Å². The maximum Gasteiger partial charge on any atom is 0.339 e. The summed E-state index contributed by atoms with van der Waals surface area (Å²) < 4.78 is 5.22. The van der Waals surface area contributed by atoms with Gasteiger partial charge in [0.2, 0.25) is 0 Å². The summed E-state index contributed by atoms with van der Waals surface area (Å²) in [7, 11) is 0. The van der Waals surface area contributed by atoms with Gasteiger partial charge in [0.05, 0.1) is 10.4 Å². The maximum atomic E-state index is 11.0. The highest BCUT2D eigenvalue weighted by molar-refractivity contribution is 6.38. The number of carbonyl (C=O) groups is 1. The van der Waals surface area contributed by atoms with Gasteiger partial charge in [0.25, 0.3) is 0 Å². The molecule has 0 atom stereocenters. The van der Waals surface area contributed by atoms with E-state index in [9.17, 15) is 9.90 Å². The summed E-state index contributed by atoms with van der Waals surface area (Å²) in [6.07, 6.45) is 0. The molecule has 0 saturated heterocycles. The van der Waals surface area contributed by atoms with Crippen molar-refractivity contribution in [1.29, 1.82) is 0 Å². The van der Waals surface area contributed by atoms with E-state index < -0.39 is 5.97 Å². The molecule has 78 valence electrons. The summed E-state index contributed by atoms with van der Waals surface area (Å²) in [6.45, 7) is 1.54. The zero-order chi connectivity index (χ0) is 11.2. The van der Waals surface area contributed by atoms with E-state index in [1.807, 2.05) is 0 Å². The molecule has 2 rings (SSSR count). The van der Waals surface area contributed by atoms with E-state index in [1.165, 1.54) is 19.1 Å². The smallest absolute Gasteiger partial charge is 0.339 e. The van der Waals surface area contributed by atoms with Crippen LogP contribution in [0.5, 0.6) is 5.75 Å². The van der Waals surface area contributed by atoms with Gasteiger partial charge < -0.3 is 14.6 Å². The van der Waals surface area contributed by atoms with E-state index in [0.29, 0.717) is 5.58 Å². The quantitative estimate of drug-likeness (QED) is 0.784. The fraction of sp³-hybridized carbons (Fsp3) is 0.100. The van der Waals surface area contributed by atoms with Crippen molar-refractivity contribution < 1.29 is 19.4 Å². The predicted octanol–water partition coefficient (Wildman–Crippen LogP) is 2.80. The van der Waals surface area contributed by atoms with E-state index >= 15 is 0 Å². The zero-order valence-electron chi connectivity index (χ0n) is 7.74. The number of phenolic OH excluding ortho intramolecular Hbond substituents is 1. The van der Waals surface area contributed by atoms with Crippen LogP contribution in [-0.2, 0) is 0 Å². The Morgan fingerprint density at radius 1 is 1.47 bits per heavy atom. The number of furan rings is 1. The lowest BCUT2D eigenvalue weighted by Crippen LogP contribution is -1.96. The van der Waals surface area contributed by atoms with Crippen LogP contribution in [0.15, 0.2) is 16.5 Å². The van der Waals surface area contributed by atoms with Crippen molar-refractivity contribution in [2.45, 2.75) is 6.92 Å². The topological polar surface area (TPSA) is 70.7 Å². The average molecular weight is 227 g/mol. The van der Waals surface area contributed by atoms with Crippen LogP contribution >= 0.6 is 11.6 Å². The molecular formula is C10H7ClO4. The van der Waals surface area contributed by atoms with Crippen LogP contribution in [-0.4, -0.2) is 16.2 Å². The first-order chi connectivity index (χ1) is 7.02. The Balaban J connectivity index is 2.96. The molecule has 0 radical (unpaired) electrons. The number of aromatic carboxylic acids is 1. The summed E-state index contributed by atoms with van der Waals surface area (Å²) in [5.74, 6) is -1.02. The summed E-state index contributed by atoms with van der Waals surface area (Å²) >= 11 is 5.82. The molecule has 0 amide bonds. The molecule has 1 heterocycles. The molecule has 0 bridgehead atoms. The molecule has 0 unspecified atom stereocenters. The largest absolute Gasteiger partial charge is 0.506 e. The third kappa shape index (κ3) is 1.34. The van der Waals surface area contributed by atoms with E-state index in [2.05, 4.69) is 0 Å². The van der Waals surface area contributed by atoms with Gasteiger partial charge in [0, 0.05) is 0 Å². The number of aryl methyl sites for hydroxylation is 1. The minimum atomic E-state index is -1.13. The highest BCUT2D eigenvalue weighted by atomic mass is 35.5. The number of aromatic hydroxyl groups is 1. The predicted molar refractivity (Wildman–Crippen MR) is 54.6 cm³/mol. The van der Waals surface area contributed by atoms with Gasteiger partial charge in [-0.1, -0.05) is 11.6 Å². The molecule has 0 aliphatic carbocycles. The minimum absolute atomic E-state index is 0.00162. The van der Waals surface area contributed by atoms with Crippen LogP contribution in [0.2, 0.25) is 5.02 Å². The van der Waals surface area contributed by atoms with Gasteiger partial charge in [-0.05, 0) is 19.1 Å². The Morgan fingerprint density at radius 2 is 2.13 bits per heavy atom. The molecule has 5 heteroatoms. The Kier molecular flexibility index (Phi) is 2.08. The lowest BCUT2D eigenvalue weighted by Gasteiger charge is -1.97. The standard InChI is InChI=1S/C10H7ClO4/c1-4-7(10(13)14)8-6(15-4)3-2-5(12)9(8)11/h2-3,12H,1H3,(H,13,14). The number of fused-ring (bicyclic) bond motifs is 1. The van der Waals surface area contributed by atoms with Gasteiger partial charge in [0.1, 0.15) is 22.7 Å². The molecule has 15 heavy (non-hydrogen) atoms. The third-order valence-electron chi connectivity index (χ3n) is 2.16. The van der Waals surface area contributed by atoms with Crippen LogP contribution in [0.3, 0.4) is 0 Å². The Bertz CT molecular complexity index is 556. The number of halogens is 1. The first-order valence-corrected chi connectivity index (χ1v) is 4.54. The van der Waals surface area contributed by atoms with Crippen molar-refractivity contribution in [2.75, 3.05) is 0 Å².